The van der Waals surface area contributed by atoms with Crippen LogP contribution in [0.5, 0.6) is 0 Å². The molecule has 2 N–H and O–H groups in total. The van der Waals surface area contributed by atoms with E-state index in [-0.39, 0.29) is 6.09 Å². The maximum atomic E-state index is 11.7. The fraction of sp³-hybridized carbons (Fsp3) is 0.500. The van der Waals surface area contributed by atoms with Gasteiger partial charge in [-0.3, -0.25) is 5.32 Å². The molecule has 1 amide bonds. The number of benzene rings is 1. The third-order valence-corrected chi connectivity index (χ3v) is 2.92. The number of carbonyl (C=O) groups is 1. The minimum atomic E-state index is -0.365. The SMILES string of the molecule is CC(C)COC(=O)Nc1cccc2c1CCNC2. The topological polar surface area (TPSA) is 50.4 Å². The maximum Gasteiger partial charge on any atom is 0.411 e. The number of carbonyl (C=O) groups excluding carboxylic acids is 1. The van der Waals surface area contributed by atoms with E-state index in [0.717, 1.165) is 25.2 Å². The zero-order chi connectivity index (χ0) is 13.0. The lowest BCUT2D eigenvalue weighted by molar-refractivity contribution is 0.147. The summed E-state index contributed by atoms with van der Waals surface area (Å²) in [4.78, 5) is 11.7. The monoisotopic (exact) mass is 248 g/mol. The highest BCUT2D eigenvalue weighted by molar-refractivity contribution is 5.86. The van der Waals surface area contributed by atoms with Crippen molar-refractivity contribution in [2.45, 2.75) is 26.8 Å². The van der Waals surface area contributed by atoms with Crippen LogP contribution in [0.4, 0.5) is 10.5 Å². The molecule has 1 aliphatic heterocycles. The van der Waals surface area contributed by atoms with Crippen LogP contribution in [-0.2, 0) is 17.7 Å². The highest BCUT2D eigenvalue weighted by atomic mass is 16.5. The molecule has 18 heavy (non-hydrogen) atoms. The molecule has 4 nitrogen and oxygen atoms in total. The molecule has 0 spiro atoms. The lowest BCUT2D eigenvalue weighted by Gasteiger charge is -2.20. The first-order valence-electron chi connectivity index (χ1n) is 6.42. The molecule has 0 aliphatic carbocycles. The van der Waals surface area contributed by atoms with Gasteiger partial charge in [0.1, 0.15) is 0 Å². The van der Waals surface area contributed by atoms with E-state index in [1.807, 2.05) is 26.0 Å². The molecule has 0 aromatic heterocycles. The molecule has 1 aliphatic rings. The maximum absolute atomic E-state index is 11.7. The summed E-state index contributed by atoms with van der Waals surface area (Å²) in [7, 11) is 0. The van der Waals surface area contributed by atoms with Crippen LogP contribution in [0.3, 0.4) is 0 Å². The van der Waals surface area contributed by atoms with E-state index in [9.17, 15) is 4.79 Å². The Morgan fingerprint density at radius 3 is 3.11 bits per heavy atom. The van der Waals surface area contributed by atoms with Crippen molar-refractivity contribution >= 4 is 11.8 Å². The number of fused-ring (bicyclic) bond motifs is 1. The molecule has 0 unspecified atom stereocenters. The van der Waals surface area contributed by atoms with Crippen molar-refractivity contribution in [3.8, 4) is 0 Å². The predicted molar refractivity (Wildman–Crippen MR) is 71.7 cm³/mol. The second-order valence-corrected chi connectivity index (χ2v) is 4.99. The first-order chi connectivity index (χ1) is 8.66. The molecule has 1 heterocycles. The summed E-state index contributed by atoms with van der Waals surface area (Å²) in [6.45, 7) is 6.30. The van der Waals surface area contributed by atoms with Gasteiger partial charge in [-0.1, -0.05) is 26.0 Å². The Morgan fingerprint density at radius 1 is 1.50 bits per heavy atom. The van der Waals surface area contributed by atoms with Crippen LogP contribution in [0, 0.1) is 5.92 Å². The first-order valence-corrected chi connectivity index (χ1v) is 6.42. The van der Waals surface area contributed by atoms with Gasteiger partial charge in [-0.2, -0.15) is 0 Å². The standard InChI is InChI=1S/C14H20N2O2/c1-10(2)9-18-14(17)16-13-5-3-4-11-8-15-7-6-12(11)13/h3-5,10,15H,6-9H2,1-2H3,(H,16,17). The lowest BCUT2D eigenvalue weighted by atomic mass is 9.99. The Hall–Kier alpha value is -1.55. The summed E-state index contributed by atoms with van der Waals surface area (Å²) in [6, 6.07) is 5.98. The second-order valence-electron chi connectivity index (χ2n) is 4.99. The zero-order valence-corrected chi connectivity index (χ0v) is 11.0. The smallest absolute Gasteiger partial charge is 0.411 e. The molecule has 0 saturated heterocycles. The van der Waals surface area contributed by atoms with Gasteiger partial charge < -0.3 is 10.1 Å². The minimum absolute atomic E-state index is 0.352. The van der Waals surface area contributed by atoms with Crippen LogP contribution < -0.4 is 10.6 Å². The van der Waals surface area contributed by atoms with E-state index >= 15 is 0 Å². The molecular weight excluding hydrogens is 228 g/mol. The van der Waals surface area contributed by atoms with E-state index in [1.54, 1.807) is 0 Å². The zero-order valence-electron chi connectivity index (χ0n) is 11.0. The average molecular weight is 248 g/mol. The van der Waals surface area contributed by atoms with E-state index in [1.165, 1.54) is 11.1 Å². The summed E-state index contributed by atoms with van der Waals surface area (Å²) in [5.74, 6) is 0.352. The Kier molecular flexibility index (Phi) is 4.20. The van der Waals surface area contributed by atoms with Gasteiger partial charge in [0.25, 0.3) is 0 Å². The molecular formula is C14H20N2O2. The number of nitrogens with one attached hydrogen (secondary N) is 2. The van der Waals surface area contributed by atoms with Gasteiger partial charge in [0, 0.05) is 12.2 Å². The highest BCUT2D eigenvalue weighted by Crippen LogP contribution is 2.23. The van der Waals surface area contributed by atoms with E-state index in [0.29, 0.717) is 12.5 Å². The molecule has 0 fully saturated rings. The van der Waals surface area contributed by atoms with Crippen molar-refractivity contribution in [3.05, 3.63) is 29.3 Å². The van der Waals surface area contributed by atoms with Crippen molar-refractivity contribution in [1.29, 1.82) is 0 Å². The number of rotatable bonds is 3. The Bertz CT molecular complexity index is 430. The molecule has 4 heteroatoms. The molecule has 0 atom stereocenters. The fourth-order valence-electron chi connectivity index (χ4n) is 2.04. The van der Waals surface area contributed by atoms with Crippen molar-refractivity contribution < 1.29 is 9.53 Å². The predicted octanol–water partition coefficient (Wildman–Crippen LogP) is 2.54. The average Bonchev–Trinajstić information content (AvgIpc) is 2.37. The van der Waals surface area contributed by atoms with Crippen molar-refractivity contribution in [2.24, 2.45) is 5.92 Å². The van der Waals surface area contributed by atoms with Crippen molar-refractivity contribution in [2.75, 3.05) is 18.5 Å². The van der Waals surface area contributed by atoms with Crippen LogP contribution in [-0.4, -0.2) is 19.2 Å². The Balaban J connectivity index is 2.03. The van der Waals surface area contributed by atoms with Gasteiger partial charge in [-0.15, -0.1) is 0 Å². The number of hydrogen-bond donors (Lipinski definition) is 2. The lowest BCUT2D eigenvalue weighted by Crippen LogP contribution is -2.25. The van der Waals surface area contributed by atoms with E-state index in [2.05, 4.69) is 16.7 Å². The van der Waals surface area contributed by atoms with E-state index < -0.39 is 0 Å². The van der Waals surface area contributed by atoms with E-state index in [4.69, 9.17) is 4.74 Å². The number of ether oxygens (including phenoxy) is 1. The quantitative estimate of drug-likeness (QED) is 0.864. The van der Waals surface area contributed by atoms with Gasteiger partial charge in [0.05, 0.1) is 6.61 Å². The van der Waals surface area contributed by atoms with Gasteiger partial charge in [0.15, 0.2) is 0 Å². The van der Waals surface area contributed by atoms with Crippen LogP contribution in [0.2, 0.25) is 0 Å². The first kappa shape index (κ1) is 12.9. The van der Waals surface area contributed by atoms with Gasteiger partial charge in [0.2, 0.25) is 0 Å². The van der Waals surface area contributed by atoms with Crippen LogP contribution in [0.15, 0.2) is 18.2 Å². The summed E-state index contributed by atoms with van der Waals surface area (Å²) >= 11 is 0. The molecule has 0 saturated carbocycles. The molecule has 98 valence electrons. The third-order valence-electron chi connectivity index (χ3n) is 2.92. The van der Waals surface area contributed by atoms with Crippen LogP contribution in [0.25, 0.3) is 0 Å². The molecule has 0 bridgehead atoms. The third kappa shape index (κ3) is 3.23. The summed E-state index contributed by atoms with van der Waals surface area (Å²) in [5.41, 5.74) is 3.35. The Morgan fingerprint density at radius 2 is 2.33 bits per heavy atom. The fourth-order valence-corrected chi connectivity index (χ4v) is 2.04. The summed E-state index contributed by atoms with van der Waals surface area (Å²) < 4.78 is 5.13. The van der Waals surface area contributed by atoms with Crippen molar-refractivity contribution in [1.82, 2.24) is 5.32 Å². The highest BCUT2D eigenvalue weighted by Gasteiger charge is 2.14. The summed E-state index contributed by atoms with van der Waals surface area (Å²) in [6.07, 6.45) is 0.575. The van der Waals surface area contributed by atoms with Gasteiger partial charge >= 0.3 is 6.09 Å². The van der Waals surface area contributed by atoms with Crippen molar-refractivity contribution in [3.63, 3.8) is 0 Å². The van der Waals surface area contributed by atoms with Gasteiger partial charge in [-0.05, 0) is 36.1 Å². The Labute approximate surface area is 108 Å². The normalized spacial score (nSPS) is 14.2. The molecule has 1 aromatic rings. The minimum Gasteiger partial charge on any atom is -0.449 e. The molecule has 1 aromatic carbocycles. The second kappa shape index (κ2) is 5.87. The summed E-state index contributed by atoms with van der Waals surface area (Å²) in [5, 5.41) is 6.15. The number of amides is 1. The number of anilines is 1. The largest absolute Gasteiger partial charge is 0.449 e. The van der Waals surface area contributed by atoms with Crippen LogP contribution in [0.1, 0.15) is 25.0 Å². The molecule has 0 radical (unpaired) electrons. The number of hydrogen-bond acceptors (Lipinski definition) is 3. The molecule has 2 rings (SSSR count). The van der Waals surface area contributed by atoms with Gasteiger partial charge in [-0.25, -0.2) is 4.79 Å². The van der Waals surface area contributed by atoms with Crippen LogP contribution >= 0.6 is 0 Å².